The summed E-state index contributed by atoms with van der Waals surface area (Å²) in [6.45, 7) is 2.36. The van der Waals surface area contributed by atoms with Gasteiger partial charge in [0.25, 0.3) is 5.91 Å². The van der Waals surface area contributed by atoms with E-state index in [1.807, 2.05) is 12.3 Å². The van der Waals surface area contributed by atoms with Crippen molar-refractivity contribution in [3.8, 4) is 0 Å². The minimum Gasteiger partial charge on any atom is -0.381 e. The SMILES string of the molecule is CNC(=O)c1cnc2[nH]ccc2c1N[C@@H]1CCC(Cc2ccccc2)C(C)C1. The van der Waals surface area contributed by atoms with Crippen LogP contribution in [0.4, 0.5) is 5.69 Å². The van der Waals surface area contributed by atoms with Crippen LogP contribution >= 0.6 is 0 Å². The number of carbonyl (C=O) groups excluding carboxylic acids is 1. The highest BCUT2D eigenvalue weighted by Crippen LogP contribution is 2.35. The first-order chi connectivity index (χ1) is 13.7. The van der Waals surface area contributed by atoms with Crippen molar-refractivity contribution >= 4 is 22.6 Å². The maximum atomic E-state index is 12.4. The van der Waals surface area contributed by atoms with Gasteiger partial charge in [0.2, 0.25) is 0 Å². The smallest absolute Gasteiger partial charge is 0.254 e. The molecule has 3 atom stereocenters. The number of rotatable bonds is 5. The second kappa shape index (κ2) is 8.05. The van der Waals surface area contributed by atoms with Gasteiger partial charge in [0.1, 0.15) is 5.65 Å². The van der Waals surface area contributed by atoms with Gasteiger partial charge in [-0.2, -0.15) is 0 Å². The predicted octanol–water partition coefficient (Wildman–Crippen LogP) is 4.38. The Balaban J connectivity index is 1.50. The van der Waals surface area contributed by atoms with Crippen molar-refractivity contribution in [2.75, 3.05) is 12.4 Å². The van der Waals surface area contributed by atoms with Gasteiger partial charge in [-0.3, -0.25) is 4.79 Å². The lowest BCUT2D eigenvalue weighted by molar-refractivity contribution is 0.0963. The molecule has 146 valence electrons. The molecule has 2 unspecified atom stereocenters. The lowest BCUT2D eigenvalue weighted by Crippen LogP contribution is -2.33. The second-order valence-electron chi connectivity index (χ2n) is 7.95. The van der Waals surface area contributed by atoms with Crippen LogP contribution in [0.3, 0.4) is 0 Å². The molecule has 0 radical (unpaired) electrons. The largest absolute Gasteiger partial charge is 0.381 e. The van der Waals surface area contributed by atoms with Gasteiger partial charge in [-0.05, 0) is 49.1 Å². The maximum absolute atomic E-state index is 12.4. The highest BCUT2D eigenvalue weighted by Gasteiger charge is 2.29. The molecular formula is C23H28N4O. The molecule has 1 aromatic carbocycles. The van der Waals surface area contributed by atoms with Crippen LogP contribution in [0.25, 0.3) is 11.0 Å². The van der Waals surface area contributed by atoms with Crippen molar-refractivity contribution in [2.24, 2.45) is 11.8 Å². The van der Waals surface area contributed by atoms with Crippen LogP contribution in [0.1, 0.15) is 42.1 Å². The number of amides is 1. The molecule has 1 fully saturated rings. The summed E-state index contributed by atoms with van der Waals surface area (Å²) in [4.78, 5) is 19.9. The van der Waals surface area contributed by atoms with Crippen LogP contribution in [0.5, 0.6) is 0 Å². The number of benzene rings is 1. The number of H-pyrrole nitrogens is 1. The maximum Gasteiger partial charge on any atom is 0.254 e. The van der Waals surface area contributed by atoms with Gasteiger partial charge in [0, 0.05) is 30.9 Å². The highest BCUT2D eigenvalue weighted by molar-refractivity contribution is 6.06. The van der Waals surface area contributed by atoms with Gasteiger partial charge in [-0.1, -0.05) is 37.3 Å². The van der Waals surface area contributed by atoms with Crippen LogP contribution < -0.4 is 10.6 Å². The van der Waals surface area contributed by atoms with Crippen LogP contribution in [-0.4, -0.2) is 29.0 Å². The average Bonchev–Trinajstić information content (AvgIpc) is 3.20. The monoisotopic (exact) mass is 376 g/mol. The summed E-state index contributed by atoms with van der Waals surface area (Å²) in [5.74, 6) is 1.24. The van der Waals surface area contributed by atoms with Crippen molar-refractivity contribution in [3.05, 3.63) is 59.9 Å². The highest BCUT2D eigenvalue weighted by atomic mass is 16.1. The Morgan fingerprint density at radius 1 is 1.21 bits per heavy atom. The quantitative estimate of drug-likeness (QED) is 0.619. The summed E-state index contributed by atoms with van der Waals surface area (Å²) in [5, 5.41) is 7.39. The first-order valence-corrected chi connectivity index (χ1v) is 10.1. The molecular weight excluding hydrogens is 348 g/mol. The van der Waals surface area contributed by atoms with Crippen molar-refractivity contribution < 1.29 is 4.79 Å². The van der Waals surface area contributed by atoms with Gasteiger partial charge in [0.05, 0.1) is 11.3 Å². The summed E-state index contributed by atoms with van der Waals surface area (Å²) in [6.07, 6.45) is 8.10. The van der Waals surface area contributed by atoms with E-state index in [-0.39, 0.29) is 5.91 Å². The third kappa shape index (κ3) is 3.75. The lowest BCUT2D eigenvalue weighted by atomic mass is 9.75. The molecule has 0 spiro atoms. The molecule has 0 bridgehead atoms. The third-order valence-corrected chi connectivity index (χ3v) is 6.09. The summed E-state index contributed by atoms with van der Waals surface area (Å²) in [5.41, 5.74) is 3.73. The molecule has 3 aromatic rings. The Morgan fingerprint density at radius 2 is 2.04 bits per heavy atom. The van der Waals surface area contributed by atoms with Crippen molar-refractivity contribution in [2.45, 2.75) is 38.6 Å². The van der Waals surface area contributed by atoms with E-state index in [9.17, 15) is 4.79 Å². The van der Waals surface area contributed by atoms with Gasteiger partial charge in [-0.15, -0.1) is 0 Å². The summed E-state index contributed by atoms with van der Waals surface area (Å²) >= 11 is 0. The molecule has 5 heteroatoms. The Labute approximate surface area is 166 Å². The predicted molar refractivity (Wildman–Crippen MR) is 114 cm³/mol. The molecule has 1 aliphatic carbocycles. The van der Waals surface area contributed by atoms with Crippen LogP contribution in [0, 0.1) is 11.8 Å². The fourth-order valence-corrected chi connectivity index (χ4v) is 4.48. The Hall–Kier alpha value is -2.82. The van der Waals surface area contributed by atoms with E-state index >= 15 is 0 Å². The van der Waals surface area contributed by atoms with E-state index in [1.54, 1.807) is 13.2 Å². The molecule has 4 rings (SSSR count). The number of aromatic amines is 1. The molecule has 2 aromatic heterocycles. The topological polar surface area (TPSA) is 69.8 Å². The molecule has 2 heterocycles. The molecule has 1 aliphatic rings. The average molecular weight is 377 g/mol. The summed E-state index contributed by atoms with van der Waals surface area (Å²) < 4.78 is 0. The normalized spacial score (nSPS) is 22.1. The zero-order valence-corrected chi connectivity index (χ0v) is 16.5. The molecule has 1 saturated carbocycles. The number of hydrogen-bond acceptors (Lipinski definition) is 3. The molecule has 5 nitrogen and oxygen atoms in total. The molecule has 1 amide bonds. The van der Waals surface area contributed by atoms with E-state index in [4.69, 9.17) is 0 Å². The zero-order valence-electron chi connectivity index (χ0n) is 16.5. The first-order valence-electron chi connectivity index (χ1n) is 10.1. The minimum atomic E-state index is -0.107. The lowest BCUT2D eigenvalue weighted by Gasteiger charge is -2.35. The second-order valence-corrected chi connectivity index (χ2v) is 7.95. The number of hydrogen-bond donors (Lipinski definition) is 3. The van der Waals surface area contributed by atoms with Gasteiger partial charge in [-0.25, -0.2) is 4.98 Å². The number of nitrogens with one attached hydrogen (secondary N) is 3. The fraction of sp³-hybridized carbons (Fsp3) is 0.391. The number of nitrogens with zero attached hydrogens (tertiary/aromatic N) is 1. The molecule has 0 saturated heterocycles. The fourth-order valence-electron chi connectivity index (χ4n) is 4.48. The van der Waals surface area contributed by atoms with Crippen LogP contribution in [0.2, 0.25) is 0 Å². The van der Waals surface area contributed by atoms with E-state index < -0.39 is 0 Å². The minimum absolute atomic E-state index is 0.107. The van der Waals surface area contributed by atoms with Gasteiger partial charge in [0.15, 0.2) is 0 Å². The van der Waals surface area contributed by atoms with E-state index in [0.717, 1.165) is 36.0 Å². The summed E-state index contributed by atoms with van der Waals surface area (Å²) in [7, 11) is 1.66. The number of carbonyl (C=O) groups is 1. The number of aromatic nitrogens is 2. The third-order valence-electron chi connectivity index (χ3n) is 6.09. The van der Waals surface area contributed by atoms with Gasteiger partial charge >= 0.3 is 0 Å². The molecule has 3 N–H and O–H groups in total. The molecule has 0 aliphatic heterocycles. The number of fused-ring (bicyclic) bond motifs is 1. The standard InChI is InChI=1S/C23H28N4O/c1-15-12-18(9-8-17(15)13-16-6-4-3-5-7-16)27-21-19-10-11-25-22(19)26-14-20(21)23(28)24-2/h3-7,10-11,14-15,17-18H,8-9,12-13H2,1-2H3,(H,24,28)(H2,25,26,27)/t15?,17?,18-/m1/s1. The molecule has 28 heavy (non-hydrogen) atoms. The van der Waals surface area contributed by atoms with E-state index in [2.05, 4.69) is 57.9 Å². The number of anilines is 1. The number of pyridine rings is 1. The van der Waals surface area contributed by atoms with Gasteiger partial charge < -0.3 is 15.6 Å². The van der Waals surface area contributed by atoms with E-state index in [0.29, 0.717) is 23.4 Å². The Morgan fingerprint density at radius 3 is 2.79 bits per heavy atom. The zero-order chi connectivity index (χ0) is 19.5. The van der Waals surface area contributed by atoms with Crippen molar-refractivity contribution in [3.63, 3.8) is 0 Å². The van der Waals surface area contributed by atoms with Crippen LogP contribution in [0.15, 0.2) is 48.8 Å². The van der Waals surface area contributed by atoms with Crippen LogP contribution in [-0.2, 0) is 6.42 Å². The Kier molecular flexibility index (Phi) is 5.33. The van der Waals surface area contributed by atoms with Crippen molar-refractivity contribution in [1.82, 2.24) is 15.3 Å². The first kappa shape index (κ1) is 18.5. The van der Waals surface area contributed by atoms with E-state index in [1.165, 1.54) is 12.0 Å². The van der Waals surface area contributed by atoms with Crippen molar-refractivity contribution in [1.29, 1.82) is 0 Å². The Bertz CT molecular complexity index is 950. The summed E-state index contributed by atoms with van der Waals surface area (Å²) in [6, 6.07) is 13.1.